The third-order valence-electron chi connectivity index (χ3n) is 1.77. The fraction of sp³-hybridized carbons (Fsp3) is 0.0909. The molecule has 0 aliphatic rings. The molecule has 1 aromatic heterocycles. The number of furan rings is 1. The molecule has 3 heteroatoms. The highest BCUT2D eigenvalue weighted by Crippen LogP contribution is 2.25. The monoisotopic (exact) mass is 224 g/mol. The van der Waals surface area contributed by atoms with Crippen LogP contribution >= 0.6 is 23.2 Å². The maximum Gasteiger partial charge on any atom is 0.178 e. The maximum atomic E-state index is 5.94. The van der Waals surface area contributed by atoms with Gasteiger partial charge in [-0.05, 0) is 12.0 Å². The molecule has 0 saturated heterocycles. The lowest BCUT2D eigenvalue weighted by atomic mass is 10.2. The van der Waals surface area contributed by atoms with Crippen LogP contribution in [0.2, 0.25) is 5.02 Å². The smallest absolute Gasteiger partial charge is 0.178 e. The molecule has 2 aromatic rings. The molecule has 0 unspecified atom stereocenters. The predicted molar refractivity (Wildman–Crippen MR) is 58.8 cm³/mol. The van der Waals surface area contributed by atoms with E-state index >= 15 is 0 Å². The Balaban J connectivity index is 2.57. The van der Waals surface area contributed by atoms with Crippen LogP contribution in [-0.4, -0.2) is 5.88 Å². The third-order valence-corrected chi connectivity index (χ3v) is 2.21. The van der Waals surface area contributed by atoms with E-state index in [2.05, 4.69) is 11.8 Å². The summed E-state index contributed by atoms with van der Waals surface area (Å²) >= 11 is 11.4. The Hall–Kier alpha value is -1.10. The van der Waals surface area contributed by atoms with Gasteiger partial charge in [0.25, 0.3) is 0 Å². The highest BCUT2D eigenvalue weighted by molar-refractivity contribution is 6.34. The SMILES string of the molecule is ClCC#Cc1cc2cccc(Cl)c2o1. The zero-order valence-electron chi connectivity index (χ0n) is 7.18. The summed E-state index contributed by atoms with van der Waals surface area (Å²) in [6, 6.07) is 7.43. The van der Waals surface area contributed by atoms with Crippen LogP contribution in [0.4, 0.5) is 0 Å². The number of hydrogen-bond acceptors (Lipinski definition) is 1. The highest BCUT2D eigenvalue weighted by Gasteiger charge is 2.04. The molecule has 0 atom stereocenters. The first-order valence-corrected chi connectivity index (χ1v) is 4.95. The van der Waals surface area contributed by atoms with E-state index in [0.29, 0.717) is 22.2 Å². The highest BCUT2D eigenvalue weighted by atomic mass is 35.5. The van der Waals surface area contributed by atoms with Gasteiger partial charge in [-0.3, -0.25) is 0 Å². The molecule has 0 aliphatic heterocycles. The Kier molecular flexibility index (Phi) is 2.67. The van der Waals surface area contributed by atoms with Gasteiger partial charge < -0.3 is 4.42 Å². The van der Waals surface area contributed by atoms with Crippen LogP contribution in [0.3, 0.4) is 0 Å². The van der Waals surface area contributed by atoms with Crippen LogP contribution in [0.1, 0.15) is 5.76 Å². The minimum absolute atomic E-state index is 0.296. The van der Waals surface area contributed by atoms with Gasteiger partial charge in [-0.25, -0.2) is 0 Å². The number of alkyl halides is 1. The molecule has 0 fully saturated rings. The molecular formula is C11H6Cl2O. The average Bonchev–Trinajstić information content (AvgIpc) is 2.59. The van der Waals surface area contributed by atoms with E-state index in [9.17, 15) is 0 Å². The number of rotatable bonds is 0. The fourth-order valence-electron chi connectivity index (χ4n) is 1.21. The Bertz CT molecular complexity index is 517. The zero-order valence-corrected chi connectivity index (χ0v) is 8.69. The molecule has 1 aromatic carbocycles. The molecule has 0 saturated carbocycles. The van der Waals surface area contributed by atoms with Crippen molar-refractivity contribution in [1.29, 1.82) is 0 Å². The summed E-state index contributed by atoms with van der Waals surface area (Å²) in [7, 11) is 0. The molecule has 0 radical (unpaired) electrons. The summed E-state index contributed by atoms with van der Waals surface area (Å²) in [4.78, 5) is 0. The quantitative estimate of drug-likeness (QED) is 0.492. The van der Waals surface area contributed by atoms with Crippen LogP contribution in [0, 0.1) is 11.8 Å². The fourth-order valence-corrected chi connectivity index (χ4v) is 1.50. The van der Waals surface area contributed by atoms with Crippen molar-refractivity contribution >= 4 is 34.2 Å². The molecule has 2 rings (SSSR count). The minimum Gasteiger partial charge on any atom is -0.446 e. The van der Waals surface area contributed by atoms with Gasteiger partial charge in [0.1, 0.15) is 0 Å². The molecule has 0 amide bonds. The van der Waals surface area contributed by atoms with Crippen molar-refractivity contribution in [1.82, 2.24) is 0 Å². The molecule has 1 heterocycles. The third kappa shape index (κ3) is 1.72. The summed E-state index contributed by atoms with van der Waals surface area (Å²) in [5.74, 6) is 6.42. The molecule has 70 valence electrons. The molecule has 0 spiro atoms. The van der Waals surface area contributed by atoms with Crippen molar-refractivity contribution in [2.24, 2.45) is 0 Å². The second kappa shape index (κ2) is 3.96. The van der Waals surface area contributed by atoms with Crippen LogP contribution in [-0.2, 0) is 0 Å². The Morgan fingerprint density at radius 2 is 2.21 bits per heavy atom. The number of benzene rings is 1. The lowest BCUT2D eigenvalue weighted by Gasteiger charge is -1.88. The molecule has 0 N–H and O–H groups in total. The van der Waals surface area contributed by atoms with Gasteiger partial charge in [-0.1, -0.05) is 29.7 Å². The van der Waals surface area contributed by atoms with Gasteiger partial charge in [0.2, 0.25) is 0 Å². The molecule has 1 nitrogen and oxygen atoms in total. The first-order valence-electron chi connectivity index (χ1n) is 4.04. The maximum absolute atomic E-state index is 5.94. The van der Waals surface area contributed by atoms with Crippen molar-refractivity contribution in [3.63, 3.8) is 0 Å². The van der Waals surface area contributed by atoms with Crippen molar-refractivity contribution in [2.45, 2.75) is 0 Å². The van der Waals surface area contributed by atoms with E-state index in [1.807, 2.05) is 18.2 Å². The summed E-state index contributed by atoms with van der Waals surface area (Å²) in [6.45, 7) is 0. The lowest BCUT2D eigenvalue weighted by Crippen LogP contribution is -1.64. The van der Waals surface area contributed by atoms with Gasteiger partial charge in [0.05, 0.1) is 10.9 Å². The van der Waals surface area contributed by atoms with Gasteiger partial charge in [0, 0.05) is 11.5 Å². The van der Waals surface area contributed by atoms with Gasteiger partial charge in [-0.15, -0.1) is 11.6 Å². The van der Waals surface area contributed by atoms with Gasteiger partial charge in [-0.2, -0.15) is 0 Å². The summed E-state index contributed by atoms with van der Waals surface area (Å²) in [6.07, 6.45) is 0. The topological polar surface area (TPSA) is 13.1 Å². The normalized spacial score (nSPS) is 9.86. The Morgan fingerprint density at radius 1 is 1.36 bits per heavy atom. The second-order valence-corrected chi connectivity index (χ2v) is 3.38. The molecule has 0 bridgehead atoms. The van der Waals surface area contributed by atoms with E-state index in [1.165, 1.54) is 0 Å². The standard InChI is InChI=1S/C11H6Cl2O/c12-6-2-4-9-7-8-3-1-5-10(13)11(8)14-9/h1,3,5,7H,6H2. The van der Waals surface area contributed by atoms with Crippen LogP contribution in [0.25, 0.3) is 11.0 Å². The van der Waals surface area contributed by atoms with E-state index in [1.54, 1.807) is 6.07 Å². The van der Waals surface area contributed by atoms with E-state index in [-0.39, 0.29) is 0 Å². The Labute approximate surface area is 91.6 Å². The van der Waals surface area contributed by atoms with Crippen LogP contribution in [0.5, 0.6) is 0 Å². The number of fused-ring (bicyclic) bond motifs is 1. The summed E-state index contributed by atoms with van der Waals surface area (Å²) in [5, 5.41) is 1.55. The predicted octanol–water partition coefficient (Wildman–Crippen LogP) is 3.68. The largest absolute Gasteiger partial charge is 0.446 e. The van der Waals surface area contributed by atoms with Crippen molar-refractivity contribution in [3.8, 4) is 11.8 Å². The van der Waals surface area contributed by atoms with Crippen LogP contribution < -0.4 is 0 Å². The lowest BCUT2D eigenvalue weighted by molar-refractivity contribution is 0.601. The van der Waals surface area contributed by atoms with E-state index < -0.39 is 0 Å². The van der Waals surface area contributed by atoms with E-state index in [0.717, 1.165) is 5.39 Å². The van der Waals surface area contributed by atoms with Crippen molar-refractivity contribution in [3.05, 3.63) is 35.0 Å². The second-order valence-electron chi connectivity index (χ2n) is 2.70. The van der Waals surface area contributed by atoms with Crippen molar-refractivity contribution in [2.75, 3.05) is 5.88 Å². The average molecular weight is 225 g/mol. The Morgan fingerprint density at radius 3 is 2.93 bits per heavy atom. The van der Waals surface area contributed by atoms with Gasteiger partial charge >= 0.3 is 0 Å². The molecule has 0 aliphatic carbocycles. The molecular weight excluding hydrogens is 219 g/mol. The first-order chi connectivity index (χ1) is 6.81. The van der Waals surface area contributed by atoms with Gasteiger partial charge in [0.15, 0.2) is 11.3 Å². The minimum atomic E-state index is 0.296. The number of para-hydroxylation sites is 1. The number of halogens is 2. The summed E-state index contributed by atoms with van der Waals surface area (Å²) < 4.78 is 5.44. The zero-order chi connectivity index (χ0) is 9.97. The van der Waals surface area contributed by atoms with Crippen molar-refractivity contribution < 1.29 is 4.42 Å². The van der Waals surface area contributed by atoms with E-state index in [4.69, 9.17) is 27.6 Å². The summed E-state index contributed by atoms with van der Waals surface area (Å²) in [5.41, 5.74) is 0.674. The van der Waals surface area contributed by atoms with Crippen LogP contribution in [0.15, 0.2) is 28.7 Å². The number of hydrogen-bond donors (Lipinski definition) is 0. The first kappa shape index (κ1) is 9.45. The molecule has 14 heavy (non-hydrogen) atoms.